The van der Waals surface area contributed by atoms with Gasteiger partial charge in [0.05, 0.1) is 19.3 Å². The van der Waals surface area contributed by atoms with Crippen LogP contribution in [-0.2, 0) is 4.74 Å². The fourth-order valence-electron chi connectivity index (χ4n) is 2.56. The monoisotopic (exact) mass is 498 g/mol. The first kappa shape index (κ1) is 23.0. The zero-order chi connectivity index (χ0) is 17.4. The summed E-state index contributed by atoms with van der Waals surface area (Å²) >= 11 is 3.68. The van der Waals surface area contributed by atoms with Gasteiger partial charge >= 0.3 is 0 Å². The number of hydrogen-bond acceptors (Lipinski definition) is 5. The lowest BCUT2D eigenvalue weighted by atomic mass is 10.2. The molecule has 0 bridgehead atoms. The molecule has 1 fully saturated rings. The van der Waals surface area contributed by atoms with Gasteiger partial charge in [0.25, 0.3) is 0 Å². The van der Waals surface area contributed by atoms with Crippen LogP contribution >= 0.6 is 47.1 Å². The Morgan fingerprint density at radius 2 is 2.12 bits per heavy atom. The predicted octanol–water partition coefficient (Wildman–Crippen LogP) is 3.05. The maximum Gasteiger partial charge on any atom is 0.191 e. The minimum atomic E-state index is 0. The summed E-state index contributed by atoms with van der Waals surface area (Å²) in [5.74, 6) is 0.868. The maximum absolute atomic E-state index is 5.51. The van der Waals surface area contributed by atoms with E-state index >= 15 is 0 Å². The molecule has 1 unspecified atom stereocenters. The predicted molar refractivity (Wildman–Crippen MR) is 122 cm³/mol. The van der Waals surface area contributed by atoms with Crippen LogP contribution in [0.15, 0.2) is 22.5 Å². The van der Waals surface area contributed by atoms with Gasteiger partial charge in [-0.3, -0.25) is 9.89 Å². The number of nitrogens with one attached hydrogen (secondary N) is 2. The summed E-state index contributed by atoms with van der Waals surface area (Å²) in [6.45, 7) is 9.80. The Bertz CT molecular complexity index is 505. The van der Waals surface area contributed by atoms with Crippen LogP contribution in [0.25, 0.3) is 0 Å². The molecular formula is C17H31IN4OS2. The van der Waals surface area contributed by atoms with Gasteiger partial charge in [-0.05, 0) is 31.5 Å². The molecule has 1 saturated heterocycles. The summed E-state index contributed by atoms with van der Waals surface area (Å²) in [6.07, 6.45) is 2.14. The molecule has 0 radical (unpaired) electrons. The highest BCUT2D eigenvalue weighted by molar-refractivity contribution is 14.0. The van der Waals surface area contributed by atoms with Crippen molar-refractivity contribution in [1.82, 2.24) is 15.5 Å². The molecule has 1 aromatic rings. The molecule has 25 heavy (non-hydrogen) atoms. The summed E-state index contributed by atoms with van der Waals surface area (Å²) in [6, 6.07) is 4.71. The number of guanidine groups is 1. The van der Waals surface area contributed by atoms with Gasteiger partial charge in [-0.2, -0.15) is 11.8 Å². The highest BCUT2D eigenvalue weighted by Crippen LogP contribution is 2.25. The van der Waals surface area contributed by atoms with Gasteiger partial charge in [0, 0.05) is 42.9 Å². The van der Waals surface area contributed by atoms with Crippen LogP contribution < -0.4 is 10.6 Å². The molecule has 2 rings (SSSR count). The van der Waals surface area contributed by atoms with Gasteiger partial charge in [0.2, 0.25) is 0 Å². The second kappa shape index (κ2) is 11.6. The minimum absolute atomic E-state index is 0. The SMILES string of the molecule is CN=C(NCC(c1cccs1)N1CCOCC1)NCC(C)(C)SC.I. The van der Waals surface area contributed by atoms with Crippen LogP contribution in [0, 0.1) is 0 Å². The Kier molecular flexibility index (Phi) is 10.7. The maximum atomic E-state index is 5.51. The Morgan fingerprint density at radius 1 is 1.40 bits per heavy atom. The number of rotatable bonds is 7. The van der Waals surface area contributed by atoms with Gasteiger partial charge in [-0.25, -0.2) is 0 Å². The van der Waals surface area contributed by atoms with Crippen molar-refractivity contribution in [3.63, 3.8) is 0 Å². The van der Waals surface area contributed by atoms with E-state index in [1.807, 2.05) is 30.1 Å². The van der Waals surface area contributed by atoms with Crippen molar-refractivity contribution < 1.29 is 4.74 Å². The fraction of sp³-hybridized carbons (Fsp3) is 0.706. The Morgan fingerprint density at radius 3 is 2.68 bits per heavy atom. The molecule has 0 saturated carbocycles. The lowest BCUT2D eigenvalue weighted by molar-refractivity contribution is 0.0177. The van der Waals surface area contributed by atoms with Crippen LogP contribution in [0.3, 0.4) is 0 Å². The van der Waals surface area contributed by atoms with Crippen LogP contribution in [-0.4, -0.2) is 68.3 Å². The van der Waals surface area contributed by atoms with E-state index in [1.54, 1.807) is 0 Å². The normalized spacial score (nSPS) is 17.7. The van der Waals surface area contributed by atoms with E-state index in [9.17, 15) is 0 Å². The zero-order valence-electron chi connectivity index (χ0n) is 15.6. The van der Waals surface area contributed by atoms with Crippen molar-refractivity contribution in [1.29, 1.82) is 0 Å². The second-order valence-corrected chi connectivity index (χ2v) is 8.94. The average molecular weight is 499 g/mol. The molecular weight excluding hydrogens is 467 g/mol. The molecule has 1 aliphatic rings. The van der Waals surface area contributed by atoms with Crippen molar-refractivity contribution in [2.45, 2.75) is 24.6 Å². The molecule has 1 atom stereocenters. The van der Waals surface area contributed by atoms with E-state index in [4.69, 9.17) is 4.74 Å². The first-order valence-corrected chi connectivity index (χ1v) is 10.5. The number of thioether (sulfide) groups is 1. The summed E-state index contributed by atoms with van der Waals surface area (Å²) in [4.78, 5) is 8.26. The molecule has 144 valence electrons. The molecule has 2 N–H and O–H groups in total. The van der Waals surface area contributed by atoms with E-state index in [0.29, 0.717) is 6.04 Å². The van der Waals surface area contributed by atoms with Crippen molar-refractivity contribution in [3.8, 4) is 0 Å². The summed E-state index contributed by atoms with van der Waals surface area (Å²) < 4.78 is 5.69. The third kappa shape index (κ3) is 7.62. The first-order chi connectivity index (χ1) is 11.6. The standard InChI is InChI=1S/C17H30N4OS2.HI/c1-17(2,23-4)13-20-16(18-3)19-12-14(15-6-5-11-24-15)21-7-9-22-10-8-21;/h5-6,11,14H,7-10,12-13H2,1-4H3,(H2,18,19,20);1H. The quantitative estimate of drug-likeness (QED) is 0.344. The molecule has 8 heteroatoms. The molecule has 0 aromatic carbocycles. The average Bonchev–Trinajstić information content (AvgIpc) is 3.13. The van der Waals surface area contributed by atoms with E-state index in [2.05, 4.69) is 58.1 Å². The summed E-state index contributed by atoms with van der Waals surface area (Å²) in [5, 5.41) is 9.10. The number of halogens is 1. The fourth-order valence-corrected chi connectivity index (χ4v) is 3.64. The van der Waals surface area contributed by atoms with E-state index in [-0.39, 0.29) is 28.7 Å². The van der Waals surface area contributed by atoms with Crippen molar-refractivity contribution in [2.24, 2.45) is 4.99 Å². The highest BCUT2D eigenvalue weighted by Gasteiger charge is 2.24. The van der Waals surface area contributed by atoms with Crippen molar-refractivity contribution >= 4 is 53.0 Å². The Balaban J connectivity index is 0.00000312. The van der Waals surface area contributed by atoms with E-state index in [1.165, 1.54) is 4.88 Å². The topological polar surface area (TPSA) is 48.9 Å². The van der Waals surface area contributed by atoms with Crippen molar-refractivity contribution in [2.75, 3.05) is 52.7 Å². The molecule has 0 amide bonds. The molecule has 0 aliphatic carbocycles. The second-order valence-electron chi connectivity index (χ2n) is 6.45. The highest BCUT2D eigenvalue weighted by atomic mass is 127. The Labute approximate surface area is 177 Å². The number of ether oxygens (including phenoxy) is 1. The van der Waals surface area contributed by atoms with Crippen LogP contribution in [0.4, 0.5) is 0 Å². The molecule has 1 aromatic heterocycles. The lowest BCUT2D eigenvalue weighted by Crippen LogP contribution is -2.48. The number of aliphatic imine (C=N–C) groups is 1. The largest absolute Gasteiger partial charge is 0.379 e. The number of nitrogens with zero attached hydrogens (tertiary/aromatic N) is 2. The van der Waals surface area contributed by atoms with E-state index in [0.717, 1.165) is 45.4 Å². The summed E-state index contributed by atoms with van der Waals surface area (Å²) in [5.41, 5.74) is 0. The first-order valence-electron chi connectivity index (χ1n) is 8.40. The van der Waals surface area contributed by atoms with Gasteiger partial charge in [-0.1, -0.05) is 6.07 Å². The minimum Gasteiger partial charge on any atom is -0.379 e. The van der Waals surface area contributed by atoms with Crippen LogP contribution in [0.1, 0.15) is 24.8 Å². The third-order valence-corrected chi connectivity index (χ3v) is 6.50. The van der Waals surface area contributed by atoms with Gasteiger partial charge < -0.3 is 15.4 Å². The molecule has 2 heterocycles. The molecule has 1 aliphatic heterocycles. The number of hydrogen-bond donors (Lipinski definition) is 2. The molecule has 0 spiro atoms. The lowest BCUT2D eigenvalue weighted by Gasteiger charge is -2.34. The van der Waals surface area contributed by atoms with Gasteiger partial charge in [0.1, 0.15) is 0 Å². The van der Waals surface area contributed by atoms with E-state index < -0.39 is 0 Å². The van der Waals surface area contributed by atoms with Gasteiger partial charge in [0.15, 0.2) is 5.96 Å². The summed E-state index contributed by atoms with van der Waals surface area (Å²) in [7, 11) is 1.83. The Hall–Kier alpha value is -0.0300. The zero-order valence-corrected chi connectivity index (χ0v) is 19.5. The number of morpholine rings is 1. The van der Waals surface area contributed by atoms with Crippen LogP contribution in [0.5, 0.6) is 0 Å². The van der Waals surface area contributed by atoms with Gasteiger partial charge in [-0.15, -0.1) is 35.3 Å². The van der Waals surface area contributed by atoms with Crippen molar-refractivity contribution in [3.05, 3.63) is 22.4 Å². The number of thiophene rings is 1. The smallest absolute Gasteiger partial charge is 0.191 e. The van der Waals surface area contributed by atoms with Crippen LogP contribution in [0.2, 0.25) is 0 Å². The third-order valence-electron chi connectivity index (χ3n) is 4.28. The molecule has 5 nitrogen and oxygen atoms in total.